The Morgan fingerprint density at radius 1 is 1.00 bits per heavy atom. The van der Waals surface area contributed by atoms with Crippen LogP contribution in [0.5, 0.6) is 0 Å². The fourth-order valence-corrected chi connectivity index (χ4v) is 4.41. The molecule has 1 fully saturated rings. The highest BCUT2D eigenvalue weighted by molar-refractivity contribution is 6.00. The van der Waals surface area contributed by atoms with E-state index in [2.05, 4.69) is 10.1 Å². The molecule has 0 unspecified atom stereocenters. The minimum absolute atomic E-state index is 0.211. The van der Waals surface area contributed by atoms with E-state index in [4.69, 9.17) is 0 Å². The Bertz CT molecular complexity index is 1330. The van der Waals surface area contributed by atoms with E-state index in [-0.39, 0.29) is 35.4 Å². The molecule has 2 aromatic carbocycles. The number of aromatic nitrogens is 1. The van der Waals surface area contributed by atoms with E-state index in [0.29, 0.717) is 37.2 Å². The van der Waals surface area contributed by atoms with Crippen LogP contribution in [0.2, 0.25) is 0 Å². The third-order valence-corrected chi connectivity index (χ3v) is 6.46. The summed E-state index contributed by atoms with van der Waals surface area (Å²) < 4.78 is 32.7. The van der Waals surface area contributed by atoms with Gasteiger partial charge in [0.25, 0.3) is 11.5 Å². The number of ether oxygens (including phenoxy) is 1. The first kappa shape index (κ1) is 25.1. The van der Waals surface area contributed by atoms with Gasteiger partial charge >= 0.3 is 5.97 Å². The number of anilines is 2. The Labute approximate surface area is 207 Å². The van der Waals surface area contributed by atoms with Crippen LogP contribution < -0.4 is 10.9 Å². The number of hydrogen-bond acceptors (Lipinski definition) is 5. The van der Waals surface area contributed by atoms with Crippen LogP contribution in [0.1, 0.15) is 40.2 Å². The van der Waals surface area contributed by atoms with Gasteiger partial charge in [0.1, 0.15) is 18.2 Å². The van der Waals surface area contributed by atoms with Crippen molar-refractivity contribution in [1.29, 1.82) is 0 Å². The molecule has 0 aliphatic carbocycles. The lowest BCUT2D eigenvalue weighted by molar-refractivity contribution is -0.141. The van der Waals surface area contributed by atoms with Crippen molar-refractivity contribution in [3.63, 3.8) is 0 Å². The lowest BCUT2D eigenvalue weighted by Crippen LogP contribution is -2.39. The van der Waals surface area contributed by atoms with Gasteiger partial charge in [0, 0.05) is 31.0 Å². The van der Waals surface area contributed by atoms with Crippen LogP contribution in [0.15, 0.2) is 59.5 Å². The van der Waals surface area contributed by atoms with Gasteiger partial charge in [-0.25, -0.2) is 8.78 Å². The van der Waals surface area contributed by atoms with Crippen LogP contribution in [0.3, 0.4) is 0 Å². The van der Waals surface area contributed by atoms with Crippen molar-refractivity contribution in [2.45, 2.75) is 32.2 Å². The van der Waals surface area contributed by atoms with Crippen LogP contribution in [-0.4, -0.2) is 41.5 Å². The molecule has 7 nitrogen and oxygen atoms in total. The molecule has 1 aliphatic heterocycles. The van der Waals surface area contributed by atoms with Crippen molar-refractivity contribution in [3.05, 3.63) is 93.4 Å². The normalized spacial score (nSPS) is 13.9. The smallest absolute Gasteiger partial charge is 0.325 e. The van der Waals surface area contributed by atoms with Crippen molar-refractivity contribution in [2.24, 2.45) is 0 Å². The Balaban J connectivity index is 1.61. The molecule has 1 amide bonds. The number of hydrogen-bond donors (Lipinski definition) is 1. The molecule has 0 radical (unpaired) electrons. The Morgan fingerprint density at radius 2 is 1.67 bits per heavy atom. The first-order chi connectivity index (χ1) is 17.2. The number of piperidine rings is 1. The number of esters is 1. The van der Waals surface area contributed by atoms with E-state index in [0.717, 1.165) is 10.1 Å². The summed E-state index contributed by atoms with van der Waals surface area (Å²) in [6.07, 6.45) is 2.77. The second-order valence-electron chi connectivity index (χ2n) is 8.85. The summed E-state index contributed by atoms with van der Waals surface area (Å²) in [5.74, 6) is -1.39. The number of pyridine rings is 1. The van der Waals surface area contributed by atoms with E-state index >= 15 is 0 Å². The molecule has 0 saturated carbocycles. The summed E-state index contributed by atoms with van der Waals surface area (Å²) in [5, 5.41) is 3.08. The van der Waals surface area contributed by atoms with E-state index in [9.17, 15) is 23.2 Å². The van der Waals surface area contributed by atoms with Crippen LogP contribution >= 0.6 is 0 Å². The number of nitrogens with zero attached hydrogens (tertiary/aromatic N) is 2. The molecule has 0 atom stereocenters. The molecule has 4 rings (SSSR count). The number of amides is 1. The zero-order valence-corrected chi connectivity index (χ0v) is 20.1. The summed E-state index contributed by atoms with van der Waals surface area (Å²) >= 11 is 0. The van der Waals surface area contributed by atoms with Gasteiger partial charge in [0.15, 0.2) is 0 Å². The molecule has 9 heteroatoms. The molecule has 1 N–H and O–H groups in total. The molecule has 0 spiro atoms. The van der Waals surface area contributed by atoms with Crippen molar-refractivity contribution < 1.29 is 23.1 Å². The SMILES string of the molecule is COC(=O)Cn1cc(C(=O)N2CCC(c3ccc(F)cc3)CC2)c(Nc2ccc(F)cc2C)cc1=O. The number of carbonyl (C=O) groups excluding carboxylic acids is 2. The molecule has 1 aromatic heterocycles. The molecule has 2 heterocycles. The van der Waals surface area contributed by atoms with Crippen molar-refractivity contribution in [3.8, 4) is 0 Å². The van der Waals surface area contributed by atoms with E-state index in [1.165, 1.54) is 49.7 Å². The highest BCUT2D eigenvalue weighted by atomic mass is 19.1. The predicted octanol–water partition coefficient (Wildman–Crippen LogP) is 4.37. The van der Waals surface area contributed by atoms with Crippen LogP contribution in [-0.2, 0) is 16.1 Å². The zero-order valence-electron chi connectivity index (χ0n) is 20.1. The van der Waals surface area contributed by atoms with Gasteiger partial charge < -0.3 is 19.5 Å². The van der Waals surface area contributed by atoms with Gasteiger partial charge in [-0.1, -0.05) is 12.1 Å². The van der Waals surface area contributed by atoms with Gasteiger partial charge in [0.2, 0.25) is 0 Å². The predicted molar refractivity (Wildman–Crippen MR) is 131 cm³/mol. The number of methoxy groups -OCH3 is 1. The highest BCUT2D eigenvalue weighted by Crippen LogP contribution is 2.30. The summed E-state index contributed by atoms with van der Waals surface area (Å²) in [6, 6.07) is 11.8. The lowest BCUT2D eigenvalue weighted by atomic mass is 9.89. The van der Waals surface area contributed by atoms with E-state index < -0.39 is 17.3 Å². The summed E-state index contributed by atoms with van der Waals surface area (Å²) in [4.78, 5) is 39.8. The summed E-state index contributed by atoms with van der Waals surface area (Å²) in [6.45, 7) is 2.34. The molecule has 0 bridgehead atoms. The molecule has 1 saturated heterocycles. The number of halogens is 2. The van der Waals surface area contributed by atoms with Gasteiger partial charge in [-0.15, -0.1) is 0 Å². The van der Waals surface area contributed by atoms with Gasteiger partial charge in [-0.3, -0.25) is 14.4 Å². The van der Waals surface area contributed by atoms with E-state index in [1.807, 2.05) is 0 Å². The maximum absolute atomic E-state index is 13.6. The molecule has 3 aromatic rings. The number of benzene rings is 2. The van der Waals surface area contributed by atoms with Crippen LogP contribution in [0.4, 0.5) is 20.2 Å². The maximum Gasteiger partial charge on any atom is 0.325 e. The zero-order chi connectivity index (χ0) is 25.8. The second kappa shape index (κ2) is 10.7. The van der Waals surface area contributed by atoms with Crippen molar-refractivity contribution >= 4 is 23.3 Å². The topological polar surface area (TPSA) is 80.6 Å². The molecule has 188 valence electrons. The third kappa shape index (κ3) is 5.62. The Kier molecular flexibility index (Phi) is 7.47. The third-order valence-electron chi connectivity index (χ3n) is 6.46. The van der Waals surface area contributed by atoms with E-state index in [1.54, 1.807) is 24.0 Å². The van der Waals surface area contributed by atoms with Crippen molar-refractivity contribution in [1.82, 2.24) is 9.47 Å². The molecular formula is C27H27F2N3O4. The molecule has 36 heavy (non-hydrogen) atoms. The van der Waals surface area contributed by atoms with Crippen LogP contribution in [0, 0.1) is 18.6 Å². The second-order valence-corrected chi connectivity index (χ2v) is 8.85. The van der Waals surface area contributed by atoms with Gasteiger partial charge in [-0.05, 0) is 67.1 Å². The highest BCUT2D eigenvalue weighted by Gasteiger charge is 2.27. The molecule has 1 aliphatic rings. The fourth-order valence-electron chi connectivity index (χ4n) is 4.41. The monoisotopic (exact) mass is 495 g/mol. The minimum Gasteiger partial charge on any atom is -0.468 e. The Hall–Kier alpha value is -4.01. The number of carbonyl (C=O) groups is 2. The Morgan fingerprint density at radius 3 is 2.31 bits per heavy atom. The minimum atomic E-state index is -0.620. The average Bonchev–Trinajstić information content (AvgIpc) is 2.87. The summed E-state index contributed by atoms with van der Waals surface area (Å²) in [5.41, 5.74) is 2.17. The number of likely N-dealkylation sites (tertiary alicyclic amines) is 1. The average molecular weight is 496 g/mol. The fraction of sp³-hybridized carbons (Fsp3) is 0.296. The van der Waals surface area contributed by atoms with Gasteiger partial charge in [0.05, 0.1) is 18.4 Å². The quantitative estimate of drug-likeness (QED) is 0.514. The number of nitrogens with one attached hydrogen (secondary N) is 1. The largest absolute Gasteiger partial charge is 0.468 e. The lowest BCUT2D eigenvalue weighted by Gasteiger charge is -2.33. The standard InChI is InChI=1S/C27H27F2N3O4/c1-17-13-21(29)7-8-23(17)30-24-14-25(33)32(16-26(34)36-2)15-22(24)27(35)31-11-9-19(10-12-31)18-3-5-20(28)6-4-18/h3-8,13-15,19,30H,9-12,16H2,1-2H3. The van der Waals surface area contributed by atoms with Gasteiger partial charge in [-0.2, -0.15) is 0 Å². The first-order valence-corrected chi connectivity index (χ1v) is 11.6. The molecular weight excluding hydrogens is 468 g/mol. The summed E-state index contributed by atoms with van der Waals surface area (Å²) in [7, 11) is 1.22. The number of rotatable bonds is 6. The number of aryl methyl sites for hydroxylation is 1. The van der Waals surface area contributed by atoms with Crippen LogP contribution in [0.25, 0.3) is 0 Å². The first-order valence-electron chi connectivity index (χ1n) is 11.6. The van der Waals surface area contributed by atoms with Crippen molar-refractivity contribution in [2.75, 3.05) is 25.5 Å². The maximum atomic E-state index is 13.6.